The van der Waals surface area contributed by atoms with Gasteiger partial charge in [0.25, 0.3) is 0 Å². The van der Waals surface area contributed by atoms with Crippen LogP contribution in [0.25, 0.3) is 0 Å². The van der Waals surface area contributed by atoms with Gasteiger partial charge in [-0.15, -0.1) is 0 Å². The highest BCUT2D eigenvalue weighted by atomic mass is 16.6. The minimum Gasteiger partial charge on any atom is -0.390 e. The first-order valence-electron chi connectivity index (χ1n) is 13.1. The molecule has 2 aromatic rings. The molecule has 1 saturated carbocycles. The Morgan fingerprint density at radius 2 is 1.34 bits per heavy atom. The summed E-state index contributed by atoms with van der Waals surface area (Å²) in [6, 6.07) is 20.6. The lowest BCUT2D eigenvalue weighted by atomic mass is 9.46. The van der Waals surface area contributed by atoms with Crippen LogP contribution < -0.4 is 0 Å². The molecule has 0 radical (unpaired) electrons. The smallest absolute Gasteiger partial charge is 0.128 e. The fourth-order valence-corrected chi connectivity index (χ4v) is 8.69. The summed E-state index contributed by atoms with van der Waals surface area (Å²) in [5.41, 5.74) is 1.46. The normalized spacial score (nSPS) is 48.3. The number of hydrogen-bond acceptors (Lipinski definition) is 6. The zero-order valence-electron chi connectivity index (χ0n) is 19.7. The van der Waals surface area contributed by atoms with E-state index in [0.717, 1.165) is 18.4 Å². The van der Waals surface area contributed by atoms with Crippen LogP contribution in [0.5, 0.6) is 0 Å². The molecule has 0 aromatic heterocycles. The van der Waals surface area contributed by atoms with E-state index >= 15 is 0 Å². The van der Waals surface area contributed by atoms with Crippen molar-refractivity contribution in [3.05, 3.63) is 71.8 Å². The minimum atomic E-state index is -0.676. The predicted octanol–water partition coefficient (Wildman–Crippen LogP) is 3.25. The molecule has 6 heteroatoms. The molecule has 0 amide bonds. The molecule has 2 spiro atoms. The van der Waals surface area contributed by atoms with Gasteiger partial charge >= 0.3 is 0 Å². The van der Waals surface area contributed by atoms with Crippen LogP contribution in [0, 0.1) is 17.3 Å². The fourth-order valence-electron chi connectivity index (χ4n) is 8.69. The Labute approximate surface area is 205 Å². The molecule has 184 valence electrons. The maximum atomic E-state index is 11.6. The molecule has 6 saturated heterocycles. The van der Waals surface area contributed by atoms with Crippen molar-refractivity contribution in [2.45, 2.75) is 80.8 Å². The first kappa shape index (κ1) is 21.3. The van der Waals surface area contributed by atoms with Gasteiger partial charge in [0.1, 0.15) is 11.7 Å². The second-order valence-electron chi connectivity index (χ2n) is 11.5. The van der Waals surface area contributed by atoms with Crippen LogP contribution in [0.1, 0.15) is 30.4 Å². The topological polar surface area (TPSA) is 66.4 Å². The van der Waals surface area contributed by atoms with Crippen molar-refractivity contribution in [1.29, 1.82) is 0 Å². The summed E-state index contributed by atoms with van der Waals surface area (Å²) in [6.45, 7) is 1.75. The van der Waals surface area contributed by atoms with E-state index in [1.807, 2.05) is 36.4 Å². The Kier molecular flexibility index (Phi) is 4.63. The van der Waals surface area contributed by atoms with Gasteiger partial charge in [-0.3, -0.25) is 0 Å². The number of ether oxygens (including phenoxy) is 5. The largest absolute Gasteiger partial charge is 0.390 e. The van der Waals surface area contributed by atoms with E-state index < -0.39 is 11.7 Å². The van der Waals surface area contributed by atoms with E-state index in [0.29, 0.717) is 32.2 Å². The Morgan fingerprint density at radius 3 is 1.97 bits per heavy atom. The van der Waals surface area contributed by atoms with E-state index in [1.54, 1.807) is 0 Å². The molecule has 7 aliphatic rings. The highest BCUT2D eigenvalue weighted by Crippen LogP contribution is 2.72. The van der Waals surface area contributed by atoms with Gasteiger partial charge in [-0.2, -0.15) is 0 Å². The molecule has 7 fully saturated rings. The monoisotopic (exact) mass is 476 g/mol. The number of benzene rings is 2. The Hall–Kier alpha value is -1.80. The van der Waals surface area contributed by atoms with E-state index in [1.165, 1.54) is 5.56 Å². The molecule has 6 aliphatic heterocycles. The van der Waals surface area contributed by atoms with Crippen molar-refractivity contribution in [1.82, 2.24) is 0 Å². The number of aliphatic hydroxyl groups is 1. The van der Waals surface area contributed by atoms with Crippen molar-refractivity contribution in [2.75, 3.05) is 6.61 Å². The summed E-state index contributed by atoms with van der Waals surface area (Å²) in [5.74, 6) is 0.512. The summed E-state index contributed by atoms with van der Waals surface area (Å²) in [4.78, 5) is 0. The zero-order chi connectivity index (χ0) is 23.2. The molecular formula is C29H32O6. The molecule has 1 aliphatic carbocycles. The maximum Gasteiger partial charge on any atom is 0.128 e. The van der Waals surface area contributed by atoms with Crippen LogP contribution in [0.3, 0.4) is 0 Å². The summed E-state index contributed by atoms with van der Waals surface area (Å²) >= 11 is 0. The van der Waals surface area contributed by atoms with Gasteiger partial charge in [-0.05, 0) is 17.5 Å². The van der Waals surface area contributed by atoms with Gasteiger partial charge in [0.2, 0.25) is 0 Å². The Morgan fingerprint density at radius 1 is 0.771 bits per heavy atom. The Balaban J connectivity index is 1.03. The molecule has 9 rings (SSSR count). The third-order valence-corrected chi connectivity index (χ3v) is 9.93. The van der Waals surface area contributed by atoms with Crippen molar-refractivity contribution in [2.24, 2.45) is 17.3 Å². The number of hydrogen-bond donors (Lipinski definition) is 1. The van der Waals surface area contributed by atoms with Gasteiger partial charge in [-0.1, -0.05) is 60.7 Å². The van der Waals surface area contributed by atoms with Crippen LogP contribution in [0.4, 0.5) is 0 Å². The van der Waals surface area contributed by atoms with E-state index in [-0.39, 0.29) is 48.0 Å². The number of fused-ring (bicyclic) bond motifs is 6. The van der Waals surface area contributed by atoms with E-state index in [4.69, 9.17) is 23.7 Å². The van der Waals surface area contributed by atoms with Crippen molar-refractivity contribution < 1.29 is 28.8 Å². The second-order valence-corrected chi connectivity index (χ2v) is 11.5. The summed E-state index contributed by atoms with van der Waals surface area (Å²) < 4.78 is 32.6. The quantitative estimate of drug-likeness (QED) is 0.691. The predicted molar refractivity (Wildman–Crippen MR) is 125 cm³/mol. The van der Waals surface area contributed by atoms with Crippen LogP contribution in [-0.2, 0) is 36.9 Å². The van der Waals surface area contributed by atoms with Crippen LogP contribution >= 0.6 is 0 Å². The SMILES string of the molecule is O[C@H]1C[C@]23CO[C@@]14C(C2[C@H]1C[C@@H](OCc2ccccc2)[C@@H]3O1)[C@H]1C[C@@H](OCc2ccccc2)[C@@H]4O1. The summed E-state index contributed by atoms with van der Waals surface area (Å²) in [6.07, 6.45) is 1.82. The average molecular weight is 477 g/mol. The lowest BCUT2D eigenvalue weighted by molar-refractivity contribution is -0.314. The van der Waals surface area contributed by atoms with Crippen molar-refractivity contribution in [3.63, 3.8) is 0 Å². The van der Waals surface area contributed by atoms with Gasteiger partial charge in [0, 0.05) is 30.1 Å². The molecule has 6 heterocycles. The molecule has 2 aromatic carbocycles. The highest BCUT2D eigenvalue weighted by molar-refractivity contribution is 5.30. The first-order chi connectivity index (χ1) is 17.2. The van der Waals surface area contributed by atoms with E-state index in [9.17, 15) is 5.11 Å². The zero-order valence-corrected chi connectivity index (χ0v) is 19.7. The van der Waals surface area contributed by atoms with Gasteiger partial charge < -0.3 is 28.8 Å². The third-order valence-electron chi connectivity index (χ3n) is 9.93. The van der Waals surface area contributed by atoms with Gasteiger partial charge in [-0.25, -0.2) is 0 Å². The number of rotatable bonds is 6. The van der Waals surface area contributed by atoms with Crippen LogP contribution in [-0.4, -0.2) is 60.0 Å². The summed E-state index contributed by atoms with van der Waals surface area (Å²) in [5, 5.41) is 11.6. The van der Waals surface area contributed by atoms with Gasteiger partial charge in [0.15, 0.2) is 0 Å². The van der Waals surface area contributed by atoms with E-state index in [2.05, 4.69) is 24.3 Å². The second kappa shape index (κ2) is 7.60. The molecule has 6 bridgehead atoms. The molecule has 6 nitrogen and oxygen atoms in total. The van der Waals surface area contributed by atoms with Crippen molar-refractivity contribution in [3.8, 4) is 0 Å². The maximum absolute atomic E-state index is 11.6. The lowest BCUT2D eigenvalue weighted by Gasteiger charge is -2.64. The fraction of sp³-hybridized carbons (Fsp3) is 0.586. The average Bonchev–Trinajstić information content (AvgIpc) is 3.66. The number of aliphatic hydroxyl groups excluding tert-OH is 1. The van der Waals surface area contributed by atoms with Crippen LogP contribution in [0.15, 0.2) is 60.7 Å². The first-order valence-corrected chi connectivity index (χ1v) is 13.1. The molecular weight excluding hydrogens is 444 g/mol. The van der Waals surface area contributed by atoms with Crippen LogP contribution in [0.2, 0.25) is 0 Å². The van der Waals surface area contributed by atoms with Crippen molar-refractivity contribution >= 4 is 0 Å². The third kappa shape index (κ3) is 2.81. The Bertz CT molecular complexity index is 1090. The minimum absolute atomic E-state index is 0.0292. The molecule has 11 atom stereocenters. The summed E-state index contributed by atoms with van der Waals surface area (Å²) in [7, 11) is 0. The lowest BCUT2D eigenvalue weighted by Crippen LogP contribution is -2.76. The van der Waals surface area contributed by atoms with Gasteiger partial charge in [0.05, 0.1) is 56.4 Å². The highest BCUT2D eigenvalue weighted by Gasteiger charge is 2.82. The standard InChI is InChI=1S/C29H32O6/c30-23-13-28-16-33-29(23)25(20-12-22(27(29)35-20)32-15-18-9-5-2-6-10-18)24(28)19-11-21(26(28)34-19)31-14-17-7-3-1-4-8-17/h1-10,19-27,30H,11-16H2/t19-,20-,21-,22-,23+,24?,25?,26+,27+,28+,29-/m1/s1. The molecule has 2 unspecified atom stereocenters. The molecule has 1 N–H and O–H groups in total. The molecule has 35 heavy (non-hydrogen) atoms.